The van der Waals surface area contributed by atoms with E-state index < -0.39 is 6.17 Å². The first-order chi connectivity index (χ1) is 7.74. The number of hydrogen-bond donors (Lipinski definition) is 0. The lowest BCUT2D eigenvalue weighted by atomic mass is 10.3. The first-order valence-electron chi connectivity index (χ1n) is 5.30. The molecule has 0 N–H and O–H groups in total. The molecule has 0 bridgehead atoms. The molecule has 0 aliphatic carbocycles. The lowest BCUT2D eigenvalue weighted by Gasteiger charge is -2.18. The number of aromatic nitrogens is 4. The highest BCUT2D eigenvalue weighted by Crippen LogP contribution is 2.22. The molecule has 1 aliphatic rings. The number of halogens is 1. The number of nitrogens with zero attached hydrogens (tertiary/aromatic N) is 5. The van der Waals surface area contributed by atoms with Crippen LogP contribution >= 0.6 is 0 Å². The first-order valence-corrected chi connectivity index (χ1v) is 5.30. The van der Waals surface area contributed by atoms with Crippen LogP contribution in [-0.2, 0) is 0 Å². The van der Waals surface area contributed by atoms with Crippen LogP contribution in [0.2, 0.25) is 0 Å². The number of rotatable bonds is 1. The first kappa shape index (κ1) is 9.50. The topological polar surface area (TPSA) is 46.3 Å². The van der Waals surface area contributed by atoms with E-state index in [0.717, 1.165) is 18.1 Å². The smallest absolute Gasteiger partial charge is 0.254 e. The fraction of sp³-hybridized carbons (Fsp3) is 0.500. The highest BCUT2D eigenvalue weighted by atomic mass is 19.1. The molecule has 1 unspecified atom stereocenters. The van der Waals surface area contributed by atoms with Gasteiger partial charge in [0.15, 0.2) is 0 Å². The van der Waals surface area contributed by atoms with Gasteiger partial charge in [-0.1, -0.05) is 0 Å². The lowest BCUT2D eigenvalue weighted by molar-refractivity contribution is 0.364. The SMILES string of the molecule is Cc1cc(N2CCC(F)C2)n2ncnc2n1. The Morgan fingerprint density at radius 3 is 3.12 bits per heavy atom. The normalized spacial score (nSPS) is 20.9. The van der Waals surface area contributed by atoms with E-state index in [2.05, 4.69) is 15.1 Å². The molecule has 84 valence electrons. The van der Waals surface area contributed by atoms with E-state index in [0.29, 0.717) is 18.7 Å². The third-order valence-corrected chi connectivity index (χ3v) is 2.82. The van der Waals surface area contributed by atoms with Crippen LogP contribution in [-0.4, -0.2) is 38.8 Å². The molecule has 0 amide bonds. The summed E-state index contributed by atoms with van der Waals surface area (Å²) >= 11 is 0. The van der Waals surface area contributed by atoms with E-state index in [4.69, 9.17) is 0 Å². The number of fused-ring (bicyclic) bond motifs is 1. The van der Waals surface area contributed by atoms with E-state index in [1.54, 1.807) is 4.52 Å². The summed E-state index contributed by atoms with van der Waals surface area (Å²) in [6.45, 7) is 3.05. The Balaban J connectivity index is 2.11. The molecule has 3 heterocycles. The molecule has 1 saturated heterocycles. The monoisotopic (exact) mass is 221 g/mol. The van der Waals surface area contributed by atoms with Gasteiger partial charge in [-0.15, -0.1) is 0 Å². The summed E-state index contributed by atoms with van der Waals surface area (Å²) in [4.78, 5) is 10.3. The van der Waals surface area contributed by atoms with Crippen molar-refractivity contribution in [2.75, 3.05) is 18.0 Å². The van der Waals surface area contributed by atoms with Crippen LogP contribution in [0, 0.1) is 6.92 Å². The van der Waals surface area contributed by atoms with Crippen LogP contribution in [0.15, 0.2) is 12.4 Å². The third-order valence-electron chi connectivity index (χ3n) is 2.82. The molecular weight excluding hydrogens is 209 g/mol. The van der Waals surface area contributed by atoms with E-state index in [1.165, 1.54) is 6.33 Å². The van der Waals surface area contributed by atoms with Crippen molar-refractivity contribution in [3.05, 3.63) is 18.1 Å². The zero-order chi connectivity index (χ0) is 11.1. The van der Waals surface area contributed by atoms with Crippen molar-refractivity contribution in [2.45, 2.75) is 19.5 Å². The second-order valence-electron chi connectivity index (χ2n) is 4.06. The van der Waals surface area contributed by atoms with Gasteiger partial charge in [0.05, 0.1) is 6.54 Å². The Morgan fingerprint density at radius 1 is 1.50 bits per heavy atom. The fourth-order valence-corrected chi connectivity index (χ4v) is 2.06. The van der Waals surface area contributed by atoms with Gasteiger partial charge in [0.25, 0.3) is 5.78 Å². The Bertz CT molecular complexity index is 523. The molecule has 0 radical (unpaired) electrons. The van der Waals surface area contributed by atoms with Crippen molar-refractivity contribution in [1.82, 2.24) is 19.6 Å². The molecule has 1 aliphatic heterocycles. The van der Waals surface area contributed by atoms with Crippen LogP contribution in [0.25, 0.3) is 5.78 Å². The van der Waals surface area contributed by atoms with Crippen molar-refractivity contribution in [3.8, 4) is 0 Å². The largest absolute Gasteiger partial charge is 0.353 e. The van der Waals surface area contributed by atoms with Crippen molar-refractivity contribution in [1.29, 1.82) is 0 Å². The van der Waals surface area contributed by atoms with E-state index >= 15 is 0 Å². The van der Waals surface area contributed by atoms with E-state index in [-0.39, 0.29) is 0 Å². The predicted molar refractivity (Wildman–Crippen MR) is 57.2 cm³/mol. The second kappa shape index (κ2) is 3.40. The maximum atomic E-state index is 13.2. The van der Waals surface area contributed by atoms with Gasteiger partial charge in [0.1, 0.15) is 18.3 Å². The highest BCUT2D eigenvalue weighted by molar-refractivity contribution is 5.48. The molecule has 0 saturated carbocycles. The number of hydrogen-bond acceptors (Lipinski definition) is 4. The molecular formula is C10H12FN5. The number of aryl methyl sites for hydroxylation is 1. The van der Waals surface area contributed by atoms with Crippen LogP contribution < -0.4 is 4.90 Å². The van der Waals surface area contributed by atoms with Crippen LogP contribution in [0.4, 0.5) is 10.2 Å². The third kappa shape index (κ3) is 1.41. The van der Waals surface area contributed by atoms with Gasteiger partial charge in [-0.05, 0) is 13.3 Å². The molecule has 0 spiro atoms. The maximum absolute atomic E-state index is 13.2. The Kier molecular flexibility index (Phi) is 2.02. The average Bonchev–Trinajstić information content (AvgIpc) is 2.84. The van der Waals surface area contributed by atoms with Crippen LogP contribution in [0.3, 0.4) is 0 Å². The zero-order valence-corrected chi connectivity index (χ0v) is 8.97. The summed E-state index contributed by atoms with van der Waals surface area (Å²) in [5.74, 6) is 1.44. The maximum Gasteiger partial charge on any atom is 0.254 e. The van der Waals surface area contributed by atoms with Crippen molar-refractivity contribution in [2.24, 2.45) is 0 Å². The van der Waals surface area contributed by atoms with Gasteiger partial charge in [0.2, 0.25) is 0 Å². The summed E-state index contributed by atoms with van der Waals surface area (Å²) in [5, 5.41) is 4.11. The van der Waals surface area contributed by atoms with Crippen LogP contribution in [0.1, 0.15) is 12.1 Å². The minimum absolute atomic E-state index is 0.429. The summed E-state index contributed by atoms with van der Waals surface area (Å²) in [5.41, 5.74) is 0.873. The van der Waals surface area contributed by atoms with Crippen LogP contribution in [0.5, 0.6) is 0 Å². The van der Waals surface area contributed by atoms with Gasteiger partial charge >= 0.3 is 0 Å². The fourth-order valence-electron chi connectivity index (χ4n) is 2.06. The van der Waals surface area contributed by atoms with Gasteiger partial charge < -0.3 is 4.90 Å². The Morgan fingerprint density at radius 2 is 2.38 bits per heavy atom. The second-order valence-corrected chi connectivity index (χ2v) is 4.06. The molecule has 6 heteroatoms. The van der Waals surface area contributed by atoms with Crippen molar-refractivity contribution >= 4 is 11.6 Å². The van der Waals surface area contributed by atoms with Gasteiger partial charge in [-0.2, -0.15) is 14.6 Å². The van der Waals surface area contributed by atoms with Gasteiger partial charge in [0, 0.05) is 18.3 Å². The molecule has 5 nitrogen and oxygen atoms in total. The number of anilines is 1. The highest BCUT2D eigenvalue weighted by Gasteiger charge is 2.24. The lowest BCUT2D eigenvalue weighted by Crippen LogP contribution is -2.23. The van der Waals surface area contributed by atoms with E-state index in [9.17, 15) is 4.39 Å². The minimum atomic E-state index is -0.743. The molecule has 3 rings (SSSR count). The van der Waals surface area contributed by atoms with Crippen molar-refractivity contribution in [3.63, 3.8) is 0 Å². The van der Waals surface area contributed by atoms with Crippen molar-refractivity contribution < 1.29 is 4.39 Å². The number of alkyl halides is 1. The molecule has 1 atom stereocenters. The summed E-state index contributed by atoms with van der Waals surface area (Å²) in [6, 6.07) is 1.92. The minimum Gasteiger partial charge on any atom is -0.353 e. The van der Waals surface area contributed by atoms with Gasteiger partial charge in [-0.3, -0.25) is 0 Å². The molecule has 0 aromatic carbocycles. The molecule has 2 aromatic heterocycles. The zero-order valence-electron chi connectivity index (χ0n) is 8.97. The Hall–Kier alpha value is -1.72. The standard InChI is InChI=1S/C10H12FN5/c1-7-4-9(15-3-2-8(11)5-15)16-10(14-7)12-6-13-16/h4,6,8H,2-3,5H2,1H3. The quantitative estimate of drug-likeness (QED) is 0.720. The van der Waals surface area contributed by atoms with E-state index in [1.807, 2.05) is 17.9 Å². The summed E-state index contributed by atoms with van der Waals surface area (Å²) in [7, 11) is 0. The predicted octanol–water partition coefficient (Wildman–Crippen LogP) is 0.981. The summed E-state index contributed by atoms with van der Waals surface area (Å²) in [6.07, 6.45) is 1.30. The molecule has 1 fully saturated rings. The molecule has 16 heavy (non-hydrogen) atoms. The average molecular weight is 221 g/mol. The summed E-state index contributed by atoms with van der Waals surface area (Å²) < 4.78 is 14.8. The molecule has 2 aromatic rings. The Labute approximate surface area is 91.9 Å². The van der Waals surface area contributed by atoms with Gasteiger partial charge in [-0.25, -0.2) is 9.37 Å².